The molecule has 0 bridgehead atoms. The van der Waals surface area contributed by atoms with Gasteiger partial charge in [0.2, 0.25) is 0 Å². The first kappa shape index (κ1) is 58.5. The largest absolute Gasteiger partial charge is 0.472 e. The van der Waals surface area contributed by atoms with Gasteiger partial charge in [0.15, 0.2) is 6.10 Å². The number of esters is 2. The number of phosphoric acid groups is 1. The van der Waals surface area contributed by atoms with Crippen molar-refractivity contribution >= 4 is 19.8 Å². The number of allylic oxidation sites excluding steroid dienone is 17. The van der Waals surface area contributed by atoms with Crippen LogP contribution in [0.2, 0.25) is 0 Å². The van der Waals surface area contributed by atoms with Gasteiger partial charge >= 0.3 is 19.8 Å². The Morgan fingerprint density at radius 1 is 0.562 bits per heavy atom. The Kier molecular flexibility index (Phi) is 34.4. The molecule has 1 fully saturated rings. The van der Waals surface area contributed by atoms with Gasteiger partial charge in [-0.2, -0.15) is 0 Å². The van der Waals surface area contributed by atoms with Gasteiger partial charge in [-0.15, -0.1) is 0 Å². The highest BCUT2D eigenvalue weighted by Crippen LogP contribution is 2.47. The smallest absolute Gasteiger partial charge is 0.462 e. The lowest BCUT2D eigenvalue weighted by atomic mass is 9.85. The van der Waals surface area contributed by atoms with Crippen molar-refractivity contribution in [3.05, 3.63) is 109 Å². The second-order valence-corrected chi connectivity index (χ2v) is 16.7. The number of hydrogen-bond donors (Lipinski definition) is 7. The van der Waals surface area contributed by atoms with Crippen LogP contribution in [-0.4, -0.2) is 110 Å². The molecule has 15 heteroatoms. The van der Waals surface area contributed by atoms with Gasteiger partial charge in [0.05, 0.1) is 12.7 Å². The molecule has 362 valence electrons. The van der Waals surface area contributed by atoms with E-state index in [0.29, 0.717) is 25.7 Å². The fourth-order valence-corrected chi connectivity index (χ4v) is 7.06. The Morgan fingerprint density at radius 3 is 1.58 bits per heavy atom. The molecular weight excluding hydrogens is 843 g/mol. The van der Waals surface area contributed by atoms with Gasteiger partial charge in [-0.3, -0.25) is 18.6 Å². The van der Waals surface area contributed by atoms with Crippen molar-refractivity contribution in [1.29, 1.82) is 0 Å². The zero-order valence-corrected chi connectivity index (χ0v) is 38.8. The van der Waals surface area contributed by atoms with E-state index >= 15 is 0 Å². The summed E-state index contributed by atoms with van der Waals surface area (Å²) in [6.07, 6.45) is 34.6. The number of carbonyl (C=O) groups excluding carboxylic acids is 2. The fraction of sp³-hybridized carbons (Fsp3) is 0.592. The predicted octanol–water partition coefficient (Wildman–Crippen LogP) is 7.80. The topological polar surface area (TPSA) is 230 Å². The molecule has 0 aromatic heterocycles. The molecule has 1 aliphatic carbocycles. The fourth-order valence-electron chi connectivity index (χ4n) is 6.08. The summed E-state index contributed by atoms with van der Waals surface area (Å²) in [6.45, 7) is 2.89. The summed E-state index contributed by atoms with van der Waals surface area (Å²) >= 11 is 0. The number of aliphatic hydroxyl groups excluding tert-OH is 6. The summed E-state index contributed by atoms with van der Waals surface area (Å²) in [5, 5.41) is 60.3. The monoisotopic (exact) mass is 921 g/mol. The lowest BCUT2D eigenvalue weighted by Gasteiger charge is -2.41. The maximum atomic E-state index is 12.8. The van der Waals surface area contributed by atoms with Crippen molar-refractivity contribution in [3.63, 3.8) is 0 Å². The SMILES string of the molecule is CC/C=C\C/C=C\C/C=C\C/C=C\C/C=C\C/C=C\CCC(=O)O[C@H](COC(=O)CCCCCCCC(O)/C=C/C=C/C/C=C/CC)COP(=O)(O)OC1[C@H](O)[C@H](O)C(O)[C@H](O)[C@H]1O. The molecule has 14 nitrogen and oxygen atoms in total. The highest BCUT2D eigenvalue weighted by Gasteiger charge is 2.51. The maximum absolute atomic E-state index is 12.8. The number of hydrogen-bond acceptors (Lipinski definition) is 13. The summed E-state index contributed by atoms with van der Waals surface area (Å²) in [4.78, 5) is 35.7. The molecule has 0 amide bonds. The van der Waals surface area contributed by atoms with Crippen LogP contribution >= 0.6 is 7.82 Å². The summed E-state index contributed by atoms with van der Waals surface area (Å²) in [6, 6.07) is 0. The molecule has 0 aromatic rings. The molecule has 0 heterocycles. The van der Waals surface area contributed by atoms with Gasteiger partial charge in [0.25, 0.3) is 0 Å². The Labute approximate surface area is 381 Å². The lowest BCUT2D eigenvalue weighted by Crippen LogP contribution is -2.64. The van der Waals surface area contributed by atoms with Crippen LogP contribution in [-0.2, 0) is 32.7 Å². The Bertz CT molecular complexity index is 1550. The molecule has 1 saturated carbocycles. The molecule has 0 spiro atoms. The van der Waals surface area contributed by atoms with Crippen LogP contribution < -0.4 is 0 Å². The van der Waals surface area contributed by atoms with E-state index < -0.39 is 81.8 Å². The first-order chi connectivity index (χ1) is 30.8. The summed E-state index contributed by atoms with van der Waals surface area (Å²) < 4.78 is 33.4. The standard InChI is InChI=1S/C49H77O14P/c1-3-5-7-9-11-12-13-14-15-16-17-18-19-20-21-22-24-28-33-37-43(52)62-41(39-61-64(58,59)63-49-47(56)45(54)44(53)46(55)48(49)57)38-60-42(51)36-32-29-25-27-31-35-40(50)34-30-26-23-10-8-6-4-2/h5-8,11-12,14-15,17-18,20-21,23-24,26,28,30,34,40-41,44-50,53-57H,3-4,9-10,13,16,19,22,25,27,29,31-33,35-39H2,1-2H3,(H,58,59)/b7-5-,8-6+,12-11-,15-14-,18-17-,21-20-,26-23+,28-24-,34-30+/t40?,41-,44?,45-,46+,47-,48-,49?/m1/s1. The van der Waals surface area contributed by atoms with Crippen LogP contribution in [0.15, 0.2) is 109 Å². The average Bonchev–Trinajstić information content (AvgIpc) is 3.27. The summed E-state index contributed by atoms with van der Waals surface area (Å²) in [5.74, 6) is -1.29. The lowest BCUT2D eigenvalue weighted by molar-refractivity contribution is -0.220. The van der Waals surface area contributed by atoms with E-state index in [-0.39, 0.29) is 12.8 Å². The zero-order valence-electron chi connectivity index (χ0n) is 37.9. The van der Waals surface area contributed by atoms with Crippen LogP contribution in [0, 0.1) is 0 Å². The molecule has 1 rings (SSSR count). The predicted molar refractivity (Wildman–Crippen MR) is 250 cm³/mol. The minimum Gasteiger partial charge on any atom is -0.462 e. The number of carbonyl (C=O) groups is 2. The number of unbranched alkanes of at least 4 members (excludes halogenated alkanes) is 4. The number of rotatable bonds is 35. The third kappa shape index (κ3) is 29.8. The third-order valence-corrected chi connectivity index (χ3v) is 10.7. The molecule has 1 aliphatic rings. The highest BCUT2D eigenvalue weighted by atomic mass is 31.2. The van der Waals surface area contributed by atoms with Crippen molar-refractivity contribution in [2.75, 3.05) is 13.2 Å². The molecule has 64 heavy (non-hydrogen) atoms. The van der Waals surface area contributed by atoms with E-state index in [2.05, 4.69) is 74.6 Å². The number of aliphatic hydroxyl groups is 6. The van der Waals surface area contributed by atoms with Gasteiger partial charge in [-0.25, -0.2) is 4.57 Å². The molecule has 0 aliphatic heterocycles. The van der Waals surface area contributed by atoms with Crippen LogP contribution in [0.5, 0.6) is 0 Å². The van der Waals surface area contributed by atoms with E-state index in [9.17, 15) is 49.7 Å². The average molecular weight is 921 g/mol. The zero-order chi connectivity index (χ0) is 47.3. The van der Waals surface area contributed by atoms with Crippen LogP contribution in [0.1, 0.15) is 123 Å². The summed E-state index contributed by atoms with van der Waals surface area (Å²) in [5.41, 5.74) is 0. The van der Waals surface area contributed by atoms with Crippen molar-refractivity contribution in [1.82, 2.24) is 0 Å². The minimum absolute atomic E-state index is 0.0558. The molecule has 9 atom stereocenters. The first-order valence-electron chi connectivity index (χ1n) is 22.8. The van der Waals surface area contributed by atoms with Crippen molar-refractivity contribution in [3.8, 4) is 0 Å². The van der Waals surface area contributed by atoms with Crippen molar-refractivity contribution < 1.29 is 68.2 Å². The van der Waals surface area contributed by atoms with E-state index in [1.165, 1.54) is 0 Å². The van der Waals surface area contributed by atoms with E-state index in [1.54, 1.807) is 6.08 Å². The van der Waals surface area contributed by atoms with Gasteiger partial charge in [-0.1, -0.05) is 149 Å². The quantitative estimate of drug-likeness (QED) is 0.0106. The molecule has 0 saturated heterocycles. The number of phosphoric ester groups is 1. The molecule has 4 unspecified atom stereocenters. The number of ether oxygens (including phenoxy) is 2. The minimum atomic E-state index is -5.17. The van der Waals surface area contributed by atoms with Crippen LogP contribution in [0.25, 0.3) is 0 Å². The second-order valence-electron chi connectivity index (χ2n) is 15.3. The van der Waals surface area contributed by atoms with Crippen LogP contribution in [0.4, 0.5) is 0 Å². The third-order valence-electron chi connectivity index (χ3n) is 9.73. The first-order valence-corrected chi connectivity index (χ1v) is 24.3. The van der Waals surface area contributed by atoms with Crippen LogP contribution in [0.3, 0.4) is 0 Å². The van der Waals surface area contributed by atoms with E-state index in [1.807, 2.05) is 42.5 Å². The Hall–Kier alpha value is -3.53. The molecule has 0 radical (unpaired) electrons. The highest BCUT2D eigenvalue weighted by molar-refractivity contribution is 7.47. The normalized spacial score (nSPS) is 23.1. The molecule has 7 N–H and O–H groups in total. The van der Waals surface area contributed by atoms with Gasteiger partial charge < -0.3 is 45.0 Å². The Morgan fingerprint density at radius 2 is 1.03 bits per heavy atom. The molecular formula is C49H77O14P. The van der Waals surface area contributed by atoms with Gasteiger partial charge in [0, 0.05) is 12.8 Å². The Balaban J connectivity index is 2.57. The second kappa shape index (κ2) is 37.7. The van der Waals surface area contributed by atoms with E-state index in [0.717, 1.165) is 70.6 Å². The molecule has 0 aromatic carbocycles. The van der Waals surface area contributed by atoms with Crippen molar-refractivity contribution in [2.45, 2.75) is 172 Å². The maximum Gasteiger partial charge on any atom is 0.472 e. The van der Waals surface area contributed by atoms with Crippen molar-refractivity contribution in [2.24, 2.45) is 0 Å². The van der Waals surface area contributed by atoms with Gasteiger partial charge in [0.1, 0.15) is 43.2 Å². The summed E-state index contributed by atoms with van der Waals surface area (Å²) in [7, 11) is -5.17. The van der Waals surface area contributed by atoms with E-state index in [4.69, 9.17) is 18.5 Å². The van der Waals surface area contributed by atoms with Gasteiger partial charge in [-0.05, 0) is 70.6 Å².